The van der Waals surface area contributed by atoms with Crippen LogP contribution in [0, 0.1) is 5.82 Å². The summed E-state index contributed by atoms with van der Waals surface area (Å²) in [5.41, 5.74) is 1.04. The molecule has 4 rings (SSSR count). The third-order valence-corrected chi connectivity index (χ3v) is 5.28. The number of hydrogen-bond donors (Lipinski definition) is 1. The average molecular weight is 368 g/mol. The van der Waals surface area contributed by atoms with Crippen LogP contribution >= 0.6 is 11.3 Å². The number of aromatic nitrogens is 1. The Balaban J connectivity index is 1.91. The number of aliphatic hydroxyl groups excluding tert-OH is 1. The normalized spacial score (nSPS) is 17.4. The van der Waals surface area contributed by atoms with Gasteiger partial charge < -0.3 is 5.11 Å². The average Bonchev–Trinajstić information content (AvgIpc) is 3.14. The second kappa shape index (κ2) is 6.03. The third kappa shape index (κ3) is 2.48. The summed E-state index contributed by atoms with van der Waals surface area (Å²) < 4.78 is 14.6. The number of benzene rings is 2. The molecule has 1 aliphatic rings. The van der Waals surface area contributed by atoms with Gasteiger partial charge in [-0.2, -0.15) is 0 Å². The van der Waals surface area contributed by atoms with E-state index in [4.69, 9.17) is 0 Å². The molecule has 0 saturated carbocycles. The maximum Gasteiger partial charge on any atom is 0.296 e. The number of hydrogen-bond acceptors (Lipinski definition) is 5. The molecule has 5 nitrogen and oxygen atoms in total. The summed E-state index contributed by atoms with van der Waals surface area (Å²) in [5, 5.41) is 10.6. The molecular weight excluding hydrogens is 355 g/mol. The highest BCUT2D eigenvalue weighted by Gasteiger charge is 2.44. The van der Waals surface area contributed by atoms with E-state index < -0.39 is 29.3 Å². The summed E-state index contributed by atoms with van der Waals surface area (Å²) in [6.07, 6.45) is 0. The van der Waals surface area contributed by atoms with E-state index in [0.29, 0.717) is 16.2 Å². The van der Waals surface area contributed by atoms with E-state index in [2.05, 4.69) is 4.98 Å². The lowest BCUT2D eigenvalue weighted by atomic mass is 9.97. The number of anilines is 1. The zero-order chi connectivity index (χ0) is 18.4. The van der Waals surface area contributed by atoms with Crippen molar-refractivity contribution >= 4 is 38.4 Å². The first-order valence-electron chi connectivity index (χ1n) is 7.86. The molecule has 0 radical (unpaired) electrons. The molecule has 0 saturated heterocycles. The summed E-state index contributed by atoms with van der Waals surface area (Å²) in [6.45, 7) is 1.27. The van der Waals surface area contributed by atoms with Crippen LogP contribution in [0.2, 0.25) is 0 Å². The van der Waals surface area contributed by atoms with Crippen LogP contribution in [-0.2, 0) is 9.59 Å². The molecule has 1 unspecified atom stereocenters. The van der Waals surface area contributed by atoms with E-state index >= 15 is 0 Å². The molecule has 0 aliphatic carbocycles. The number of aliphatic hydroxyl groups is 1. The van der Waals surface area contributed by atoms with Crippen molar-refractivity contribution in [1.29, 1.82) is 0 Å². The quantitative estimate of drug-likeness (QED) is 0.761. The fourth-order valence-corrected chi connectivity index (χ4v) is 4.11. The molecule has 2 aromatic carbocycles. The van der Waals surface area contributed by atoms with E-state index in [9.17, 15) is 19.1 Å². The van der Waals surface area contributed by atoms with Gasteiger partial charge in [-0.25, -0.2) is 9.37 Å². The van der Waals surface area contributed by atoms with Gasteiger partial charge >= 0.3 is 0 Å². The van der Waals surface area contributed by atoms with E-state index in [1.165, 1.54) is 41.4 Å². The van der Waals surface area contributed by atoms with Crippen LogP contribution in [0.1, 0.15) is 18.5 Å². The Labute approximate surface area is 152 Å². The van der Waals surface area contributed by atoms with Crippen molar-refractivity contribution in [1.82, 2.24) is 4.98 Å². The molecule has 0 bridgehead atoms. The largest absolute Gasteiger partial charge is 0.503 e. The second-order valence-electron chi connectivity index (χ2n) is 5.92. The van der Waals surface area contributed by atoms with Crippen LogP contribution in [0.4, 0.5) is 9.52 Å². The maximum atomic E-state index is 13.8. The van der Waals surface area contributed by atoms with Crippen LogP contribution in [-0.4, -0.2) is 21.8 Å². The predicted octanol–water partition coefficient (Wildman–Crippen LogP) is 3.92. The van der Waals surface area contributed by atoms with Crippen LogP contribution in [0.5, 0.6) is 0 Å². The number of carbonyl (C=O) groups excluding carboxylic acids is 2. The molecule has 1 aliphatic heterocycles. The molecule has 26 heavy (non-hydrogen) atoms. The number of carbonyl (C=O) groups is 2. The van der Waals surface area contributed by atoms with E-state index in [1.807, 2.05) is 24.3 Å². The smallest absolute Gasteiger partial charge is 0.296 e. The molecule has 3 aromatic rings. The number of halogens is 1. The van der Waals surface area contributed by atoms with Gasteiger partial charge in [0.2, 0.25) is 0 Å². The van der Waals surface area contributed by atoms with E-state index in [-0.39, 0.29) is 5.57 Å². The maximum absolute atomic E-state index is 13.8. The molecular formula is C19H13FN2O3S. The van der Waals surface area contributed by atoms with E-state index in [0.717, 1.165) is 4.70 Å². The van der Waals surface area contributed by atoms with Gasteiger partial charge in [0.05, 0.1) is 21.8 Å². The van der Waals surface area contributed by atoms with Crippen molar-refractivity contribution in [2.75, 3.05) is 4.90 Å². The van der Waals surface area contributed by atoms with Gasteiger partial charge in [-0.3, -0.25) is 14.5 Å². The Hall–Kier alpha value is -3.06. The fraction of sp³-hybridized carbons (Fsp3) is 0.105. The summed E-state index contributed by atoms with van der Waals surface area (Å²) in [6, 6.07) is 12.1. The first kappa shape index (κ1) is 16.4. The molecule has 1 aromatic heterocycles. The number of Topliss-reactive ketones (excluding diaryl/α,β-unsaturated/α-hetero) is 1. The highest BCUT2D eigenvalue weighted by molar-refractivity contribution is 7.22. The van der Waals surface area contributed by atoms with Gasteiger partial charge in [-0.15, -0.1) is 0 Å². The fourth-order valence-electron chi connectivity index (χ4n) is 3.12. The third-order valence-electron chi connectivity index (χ3n) is 4.24. The van der Waals surface area contributed by atoms with Gasteiger partial charge in [0.15, 0.2) is 16.7 Å². The molecule has 130 valence electrons. The van der Waals surface area contributed by atoms with Crippen LogP contribution < -0.4 is 4.90 Å². The van der Waals surface area contributed by atoms with Crippen LogP contribution in [0.25, 0.3) is 10.2 Å². The minimum Gasteiger partial charge on any atom is -0.503 e. The lowest BCUT2D eigenvalue weighted by molar-refractivity contribution is -0.117. The number of ketones is 1. The number of thiazole rings is 1. The number of para-hydroxylation sites is 1. The Bertz CT molecular complexity index is 1060. The molecule has 0 fully saturated rings. The molecule has 0 spiro atoms. The Morgan fingerprint density at radius 3 is 2.69 bits per heavy atom. The molecule has 2 heterocycles. The number of amides is 1. The standard InChI is InChI=1S/C19H13FN2O3S/c1-10(23)15-16(11-5-4-6-12(20)9-11)22(18(25)17(15)24)19-21-13-7-2-3-8-14(13)26-19/h2-9,16,24H,1H3. The molecule has 1 N–H and O–H groups in total. The van der Waals surface area contributed by atoms with Gasteiger partial charge in [0.25, 0.3) is 5.91 Å². The summed E-state index contributed by atoms with van der Waals surface area (Å²) >= 11 is 1.27. The summed E-state index contributed by atoms with van der Waals surface area (Å²) in [7, 11) is 0. The first-order chi connectivity index (χ1) is 12.5. The van der Waals surface area contributed by atoms with Crippen molar-refractivity contribution in [3.05, 3.63) is 71.2 Å². The highest BCUT2D eigenvalue weighted by atomic mass is 32.1. The summed E-state index contributed by atoms with van der Waals surface area (Å²) in [5.74, 6) is -2.28. The zero-order valence-electron chi connectivity index (χ0n) is 13.6. The predicted molar refractivity (Wildman–Crippen MR) is 96.6 cm³/mol. The minimum absolute atomic E-state index is 0.0557. The van der Waals surface area contributed by atoms with Gasteiger partial charge in [-0.1, -0.05) is 35.6 Å². The Kier molecular flexibility index (Phi) is 3.81. The van der Waals surface area contributed by atoms with Crippen molar-refractivity contribution in [3.63, 3.8) is 0 Å². The molecule has 1 amide bonds. The minimum atomic E-state index is -0.920. The van der Waals surface area contributed by atoms with Crippen LogP contribution in [0.3, 0.4) is 0 Å². The number of fused-ring (bicyclic) bond motifs is 1. The number of nitrogens with zero attached hydrogens (tertiary/aromatic N) is 2. The zero-order valence-corrected chi connectivity index (χ0v) is 14.5. The van der Waals surface area contributed by atoms with Gasteiger partial charge in [-0.05, 0) is 36.8 Å². The van der Waals surface area contributed by atoms with Crippen LogP contribution in [0.15, 0.2) is 59.9 Å². The summed E-state index contributed by atoms with van der Waals surface area (Å²) in [4.78, 5) is 30.5. The van der Waals surface area contributed by atoms with Crippen molar-refractivity contribution < 1.29 is 19.1 Å². The lowest BCUT2D eigenvalue weighted by Gasteiger charge is -2.24. The second-order valence-corrected chi connectivity index (χ2v) is 6.92. The topological polar surface area (TPSA) is 70.5 Å². The van der Waals surface area contributed by atoms with Crippen molar-refractivity contribution in [3.8, 4) is 0 Å². The van der Waals surface area contributed by atoms with Crippen molar-refractivity contribution in [2.45, 2.75) is 13.0 Å². The first-order valence-corrected chi connectivity index (χ1v) is 8.67. The molecule has 1 atom stereocenters. The van der Waals surface area contributed by atoms with E-state index in [1.54, 1.807) is 6.07 Å². The Morgan fingerprint density at radius 1 is 1.23 bits per heavy atom. The highest BCUT2D eigenvalue weighted by Crippen LogP contribution is 2.43. The SMILES string of the molecule is CC(=O)C1=C(O)C(=O)N(c2nc3ccccc3s2)C1c1cccc(F)c1. The monoisotopic (exact) mass is 368 g/mol. The number of rotatable bonds is 3. The van der Waals surface area contributed by atoms with Gasteiger partial charge in [0.1, 0.15) is 5.82 Å². The Morgan fingerprint density at radius 2 is 2.00 bits per heavy atom. The molecule has 7 heteroatoms. The van der Waals surface area contributed by atoms with Gasteiger partial charge in [0, 0.05) is 0 Å². The lowest BCUT2D eigenvalue weighted by Crippen LogP contribution is -2.30. The van der Waals surface area contributed by atoms with Crippen molar-refractivity contribution in [2.24, 2.45) is 0 Å².